The Balaban J connectivity index is 1.48. The molecule has 0 bridgehead atoms. The predicted octanol–water partition coefficient (Wildman–Crippen LogP) is 3.63. The molecule has 0 N–H and O–H groups in total. The molecule has 1 aromatic carbocycles. The van der Waals surface area contributed by atoms with Crippen LogP contribution < -0.4 is 9.64 Å². The highest BCUT2D eigenvalue weighted by Gasteiger charge is 2.35. The van der Waals surface area contributed by atoms with Crippen molar-refractivity contribution >= 4 is 11.6 Å². The number of methoxy groups -OCH3 is 1. The third kappa shape index (κ3) is 3.41. The van der Waals surface area contributed by atoms with Gasteiger partial charge in [-0.2, -0.15) is 0 Å². The number of benzene rings is 1. The third-order valence-electron chi connectivity index (χ3n) is 6.40. The second kappa shape index (κ2) is 7.36. The van der Waals surface area contributed by atoms with Gasteiger partial charge in [-0.3, -0.25) is 9.69 Å². The second-order valence-corrected chi connectivity index (χ2v) is 7.87. The van der Waals surface area contributed by atoms with Gasteiger partial charge in [-0.1, -0.05) is 12.8 Å². The van der Waals surface area contributed by atoms with Crippen LogP contribution in [0.4, 0.5) is 5.69 Å². The molecule has 1 saturated heterocycles. The van der Waals surface area contributed by atoms with Crippen molar-refractivity contribution in [1.82, 2.24) is 4.90 Å². The zero-order chi connectivity index (χ0) is 17.2. The van der Waals surface area contributed by atoms with Gasteiger partial charge >= 0.3 is 0 Å². The summed E-state index contributed by atoms with van der Waals surface area (Å²) in [6.45, 7) is 2.53. The number of fused-ring (bicyclic) bond motifs is 2. The van der Waals surface area contributed by atoms with E-state index in [0.29, 0.717) is 12.6 Å². The summed E-state index contributed by atoms with van der Waals surface area (Å²) in [4.78, 5) is 17.6. The fourth-order valence-corrected chi connectivity index (χ4v) is 5.14. The van der Waals surface area contributed by atoms with Crippen molar-refractivity contribution in [3.05, 3.63) is 23.8 Å². The van der Waals surface area contributed by atoms with Crippen LogP contribution in [0.15, 0.2) is 18.2 Å². The fraction of sp³-hybridized carbons (Fsp3) is 0.667. The number of hydrogen-bond donors (Lipinski definition) is 0. The lowest BCUT2D eigenvalue weighted by molar-refractivity contribution is -0.121. The van der Waals surface area contributed by atoms with E-state index in [2.05, 4.69) is 17.0 Å². The van der Waals surface area contributed by atoms with E-state index in [0.717, 1.165) is 43.3 Å². The van der Waals surface area contributed by atoms with Crippen LogP contribution in [0.1, 0.15) is 50.5 Å². The molecule has 0 aromatic heterocycles. The first kappa shape index (κ1) is 16.9. The molecule has 4 heteroatoms. The van der Waals surface area contributed by atoms with Gasteiger partial charge in [0.15, 0.2) is 0 Å². The molecule has 2 atom stereocenters. The summed E-state index contributed by atoms with van der Waals surface area (Å²) in [6, 6.07) is 6.77. The van der Waals surface area contributed by atoms with E-state index in [4.69, 9.17) is 4.74 Å². The number of nitrogens with zero attached hydrogens (tertiary/aromatic N) is 2. The lowest BCUT2D eigenvalue weighted by Gasteiger charge is -2.44. The molecule has 2 heterocycles. The van der Waals surface area contributed by atoms with E-state index >= 15 is 0 Å². The van der Waals surface area contributed by atoms with Crippen molar-refractivity contribution in [2.75, 3.05) is 31.6 Å². The molecule has 0 spiro atoms. The van der Waals surface area contributed by atoms with Gasteiger partial charge in [-0.05, 0) is 74.8 Å². The average Bonchev–Trinajstić information content (AvgIpc) is 2.67. The molecule has 1 aliphatic carbocycles. The summed E-state index contributed by atoms with van der Waals surface area (Å²) >= 11 is 0. The Bertz CT molecular complexity index is 628. The molecule has 1 aromatic rings. The van der Waals surface area contributed by atoms with Crippen molar-refractivity contribution in [2.24, 2.45) is 5.92 Å². The summed E-state index contributed by atoms with van der Waals surface area (Å²) in [7, 11) is 1.70. The normalized spacial score (nSPS) is 26.7. The summed E-state index contributed by atoms with van der Waals surface area (Å²) in [5, 5.41) is 0. The molecule has 25 heavy (non-hydrogen) atoms. The maximum absolute atomic E-state index is 13.1. The smallest absolute Gasteiger partial charge is 0.241 e. The van der Waals surface area contributed by atoms with Crippen molar-refractivity contribution < 1.29 is 9.53 Å². The monoisotopic (exact) mass is 342 g/mol. The Kier molecular flexibility index (Phi) is 4.98. The highest BCUT2D eigenvalue weighted by atomic mass is 16.5. The van der Waals surface area contributed by atoms with Crippen molar-refractivity contribution in [2.45, 2.75) is 57.4 Å². The standard InChI is InChI=1S/C21H30N2O2/c1-25-18-10-11-20-17(14-18)8-5-13-23(20)21(24)15-22-12-4-7-16-6-2-3-9-19(16)22/h10-11,14,16,19H,2-9,12-13,15H2,1H3/t16-,19+/m1/s1. The molecule has 0 radical (unpaired) electrons. The van der Waals surface area contributed by atoms with Crippen LogP contribution in [0.3, 0.4) is 0 Å². The van der Waals surface area contributed by atoms with Gasteiger partial charge < -0.3 is 9.64 Å². The quantitative estimate of drug-likeness (QED) is 0.841. The first-order valence-electron chi connectivity index (χ1n) is 9.97. The summed E-state index contributed by atoms with van der Waals surface area (Å²) in [5.74, 6) is 1.99. The van der Waals surface area contributed by atoms with Crippen LogP contribution in [-0.2, 0) is 11.2 Å². The van der Waals surface area contributed by atoms with Crippen molar-refractivity contribution in [3.63, 3.8) is 0 Å². The number of ether oxygens (including phenoxy) is 1. The van der Waals surface area contributed by atoms with E-state index in [1.54, 1.807) is 7.11 Å². The van der Waals surface area contributed by atoms with Crippen LogP contribution in [-0.4, -0.2) is 43.6 Å². The Labute approximate surface area is 151 Å². The molecular weight excluding hydrogens is 312 g/mol. The van der Waals surface area contributed by atoms with Crippen LogP contribution in [0.25, 0.3) is 0 Å². The lowest BCUT2D eigenvalue weighted by Crippen LogP contribution is -2.51. The maximum atomic E-state index is 13.1. The third-order valence-corrected chi connectivity index (χ3v) is 6.40. The summed E-state index contributed by atoms with van der Waals surface area (Å²) in [5.41, 5.74) is 2.34. The molecule has 2 aliphatic heterocycles. The Morgan fingerprint density at radius 2 is 1.96 bits per heavy atom. The highest BCUT2D eigenvalue weighted by molar-refractivity contribution is 5.96. The number of carbonyl (C=O) groups is 1. The van der Waals surface area contributed by atoms with Gasteiger partial charge in [0.1, 0.15) is 5.75 Å². The minimum atomic E-state index is 0.275. The number of piperidine rings is 1. The van der Waals surface area contributed by atoms with Gasteiger partial charge in [-0.25, -0.2) is 0 Å². The van der Waals surface area contributed by atoms with Gasteiger partial charge in [0.2, 0.25) is 5.91 Å². The highest BCUT2D eigenvalue weighted by Crippen LogP contribution is 2.36. The molecular formula is C21H30N2O2. The number of aryl methyl sites for hydroxylation is 1. The van der Waals surface area contributed by atoms with E-state index in [9.17, 15) is 4.79 Å². The first-order chi connectivity index (χ1) is 12.3. The number of carbonyl (C=O) groups excluding carboxylic acids is 1. The Morgan fingerprint density at radius 3 is 2.84 bits per heavy atom. The molecule has 1 saturated carbocycles. The van der Waals surface area contributed by atoms with E-state index in [1.807, 2.05) is 11.0 Å². The predicted molar refractivity (Wildman–Crippen MR) is 100 cm³/mol. The Morgan fingerprint density at radius 1 is 1.12 bits per heavy atom. The number of amides is 1. The van der Waals surface area contributed by atoms with Crippen LogP contribution in [0, 0.1) is 5.92 Å². The minimum Gasteiger partial charge on any atom is -0.497 e. The Hall–Kier alpha value is -1.55. The molecule has 2 fully saturated rings. The zero-order valence-corrected chi connectivity index (χ0v) is 15.4. The minimum absolute atomic E-state index is 0.275. The second-order valence-electron chi connectivity index (χ2n) is 7.87. The van der Waals surface area contributed by atoms with Crippen molar-refractivity contribution in [1.29, 1.82) is 0 Å². The molecule has 136 valence electrons. The molecule has 4 rings (SSSR count). The van der Waals surface area contributed by atoms with Gasteiger partial charge in [0.25, 0.3) is 0 Å². The number of anilines is 1. The van der Waals surface area contributed by atoms with Crippen LogP contribution >= 0.6 is 0 Å². The van der Waals surface area contributed by atoms with Gasteiger partial charge in [-0.15, -0.1) is 0 Å². The van der Waals surface area contributed by atoms with Crippen molar-refractivity contribution in [3.8, 4) is 5.75 Å². The number of likely N-dealkylation sites (tertiary alicyclic amines) is 1. The maximum Gasteiger partial charge on any atom is 0.241 e. The largest absolute Gasteiger partial charge is 0.497 e. The van der Waals surface area contributed by atoms with Crippen LogP contribution in [0.2, 0.25) is 0 Å². The fourth-order valence-electron chi connectivity index (χ4n) is 5.14. The average molecular weight is 342 g/mol. The van der Waals surface area contributed by atoms with Gasteiger partial charge in [0.05, 0.1) is 13.7 Å². The van der Waals surface area contributed by atoms with E-state index in [-0.39, 0.29) is 5.91 Å². The summed E-state index contributed by atoms with van der Waals surface area (Å²) < 4.78 is 5.34. The van der Waals surface area contributed by atoms with E-state index < -0.39 is 0 Å². The number of hydrogen-bond acceptors (Lipinski definition) is 3. The SMILES string of the molecule is COc1ccc2c(c1)CCCN2C(=O)CN1CCC[C@H]2CCCC[C@@H]21. The summed E-state index contributed by atoms with van der Waals surface area (Å²) in [6.07, 6.45) is 10.0. The zero-order valence-electron chi connectivity index (χ0n) is 15.4. The number of rotatable bonds is 3. The molecule has 3 aliphatic rings. The molecule has 4 nitrogen and oxygen atoms in total. The first-order valence-corrected chi connectivity index (χ1v) is 9.97. The van der Waals surface area contributed by atoms with Gasteiger partial charge in [0, 0.05) is 18.3 Å². The molecule has 0 unspecified atom stereocenters. The van der Waals surface area contributed by atoms with Crippen LogP contribution in [0.5, 0.6) is 5.75 Å². The topological polar surface area (TPSA) is 32.8 Å². The molecule has 1 amide bonds. The van der Waals surface area contributed by atoms with E-state index in [1.165, 1.54) is 44.1 Å². The lowest BCUT2D eigenvalue weighted by atomic mass is 9.78.